The molecule has 1 aliphatic carbocycles. The lowest BCUT2D eigenvalue weighted by atomic mass is 9.86. The number of hydrogen-bond acceptors (Lipinski definition) is 4. The van der Waals surface area contributed by atoms with E-state index in [1.54, 1.807) is 0 Å². The van der Waals surface area contributed by atoms with Crippen molar-refractivity contribution in [2.45, 2.75) is 44.6 Å². The maximum Gasteiger partial charge on any atom is 0.230 e. The molecule has 19 heavy (non-hydrogen) atoms. The van der Waals surface area contributed by atoms with Crippen LogP contribution in [0.1, 0.15) is 43.1 Å². The summed E-state index contributed by atoms with van der Waals surface area (Å²) in [6.45, 7) is 2.06. The quantitative estimate of drug-likeness (QED) is 0.898. The van der Waals surface area contributed by atoms with Gasteiger partial charge < -0.3 is 10.3 Å². The summed E-state index contributed by atoms with van der Waals surface area (Å²) < 4.78 is 5.43. The molecule has 1 saturated carbocycles. The Kier molecular flexibility index (Phi) is 3.34. The maximum absolute atomic E-state index is 6.01. The average Bonchev–Trinajstić information content (AvgIpc) is 2.88. The molecule has 2 N–H and O–H groups in total. The van der Waals surface area contributed by atoms with Gasteiger partial charge in [0.05, 0.1) is 0 Å². The van der Waals surface area contributed by atoms with Crippen LogP contribution in [0.5, 0.6) is 0 Å². The van der Waals surface area contributed by atoms with Crippen molar-refractivity contribution >= 4 is 0 Å². The summed E-state index contributed by atoms with van der Waals surface area (Å²) in [5, 5.41) is 4.10. The van der Waals surface area contributed by atoms with Crippen molar-refractivity contribution < 1.29 is 4.52 Å². The predicted molar refractivity (Wildman–Crippen MR) is 73.7 cm³/mol. The smallest absolute Gasteiger partial charge is 0.230 e. The van der Waals surface area contributed by atoms with Crippen molar-refractivity contribution in [2.24, 2.45) is 5.73 Å². The van der Waals surface area contributed by atoms with Crippen LogP contribution in [0.2, 0.25) is 0 Å². The average molecular weight is 257 g/mol. The molecule has 0 amide bonds. The SMILES string of the molecule is Cc1cccc(-c2noc(C3CCCC(N)C3)n2)c1. The third-order valence-corrected chi connectivity index (χ3v) is 3.78. The number of aromatic nitrogens is 2. The van der Waals surface area contributed by atoms with E-state index >= 15 is 0 Å². The lowest BCUT2D eigenvalue weighted by Crippen LogP contribution is -2.26. The molecular formula is C15H19N3O. The van der Waals surface area contributed by atoms with Crippen LogP contribution in [0, 0.1) is 6.92 Å². The highest BCUT2D eigenvalue weighted by Crippen LogP contribution is 2.32. The Morgan fingerprint density at radius 3 is 3.00 bits per heavy atom. The summed E-state index contributed by atoms with van der Waals surface area (Å²) in [5.41, 5.74) is 8.22. The lowest BCUT2D eigenvalue weighted by molar-refractivity contribution is 0.299. The molecule has 2 aromatic rings. The Balaban J connectivity index is 1.83. The van der Waals surface area contributed by atoms with Crippen LogP contribution in [0.15, 0.2) is 28.8 Å². The van der Waals surface area contributed by atoms with Crippen LogP contribution in [-0.4, -0.2) is 16.2 Å². The number of rotatable bonds is 2. The van der Waals surface area contributed by atoms with Crippen molar-refractivity contribution in [3.05, 3.63) is 35.7 Å². The standard InChI is InChI=1S/C15H19N3O/c1-10-4-2-5-11(8-10)14-17-15(19-18-14)12-6-3-7-13(16)9-12/h2,4-5,8,12-13H,3,6-7,9,16H2,1H3. The Labute approximate surface area is 113 Å². The molecule has 4 nitrogen and oxygen atoms in total. The third kappa shape index (κ3) is 2.68. The van der Waals surface area contributed by atoms with E-state index in [9.17, 15) is 0 Å². The highest BCUT2D eigenvalue weighted by molar-refractivity contribution is 5.55. The molecule has 0 spiro atoms. The van der Waals surface area contributed by atoms with Gasteiger partial charge in [-0.1, -0.05) is 35.3 Å². The van der Waals surface area contributed by atoms with E-state index in [0.29, 0.717) is 11.7 Å². The first kappa shape index (κ1) is 12.4. The summed E-state index contributed by atoms with van der Waals surface area (Å²) in [4.78, 5) is 4.55. The second-order valence-corrected chi connectivity index (χ2v) is 5.45. The highest BCUT2D eigenvalue weighted by Gasteiger charge is 2.25. The molecule has 1 aliphatic rings. The molecule has 0 bridgehead atoms. The largest absolute Gasteiger partial charge is 0.339 e. The Hall–Kier alpha value is -1.68. The van der Waals surface area contributed by atoms with Crippen molar-refractivity contribution in [3.63, 3.8) is 0 Å². The summed E-state index contributed by atoms with van der Waals surface area (Å²) >= 11 is 0. The number of benzene rings is 1. The van der Waals surface area contributed by atoms with E-state index in [4.69, 9.17) is 10.3 Å². The monoisotopic (exact) mass is 257 g/mol. The van der Waals surface area contributed by atoms with Crippen LogP contribution in [0.25, 0.3) is 11.4 Å². The molecule has 1 fully saturated rings. The fourth-order valence-electron chi connectivity index (χ4n) is 2.75. The van der Waals surface area contributed by atoms with Crippen molar-refractivity contribution in [3.8, 4) is 11.4 Å². The molecule has 3 rings (SSSR count). The van der Waals surface area contributed by atoms with Gasteiger partial charge in [-0.15, -0.1) is 0 Å². The van der Waals surface area contributed by atoms with Crippen LogP contribution in [0.4, 0.5) is 0 Å². The van der Waals surface area contributed by atoms with Crippen LogP contribution in [0.3, 0.4) is 0 Å². The van der Waals surface area contributed by atoms with E-state index in [-0.39, 0.29) is 6.04 Å². The summed E-state index contributed by atoms with van der Waals surface area (Å²) in [6.07, 6.45) is 4.31. The fraction of sp³-hybridized carbons (Fsp3) is 0.467. The molecule has 2 atom stereocenters. The van der Waals surface area contributed by atoms with Crippen molar-refractivity contribution in [1.29, 1.82) is 0 Å². The Bertz CT molecular complexity index is 564. The first-order chi connectivity index (χ1) is 9.22. The van der Waals surface area contributed by atoms with Gasteiger partial charge >= 0.3 is 0 Å². The molecular weight excluding hydrogens is 238 g/mol. The van der Waals surface area contributed by atoms with Crippen LogP contribution >= 0.6 is 0 Å². The van der Waals surface area contributed by atoms with Crippen molar-refractivity contribution in [1.82, 2.24) is 10.1 Å². The maximum atomic E-state index is 6.01. The van der Waals surface area contributed by atoms with Crippen LogP contribution < -0.4 is 5.73 Å². The Morgan fingerprint density at radius 2 is 2.21 bits per heavy atom. The topological polar surface area (TPSA) is 64.9 Å². The minimum Gasteiger partial charge on any atom is -0.339 e. The van der Waals surface area contributed by atoms with E-state index in [0.717, 1.165) is 37.1 Å². The zero-order chi connectivity index (χ0) is 13.2. The molecule has 1 heterocycles. The van der Waals surface area contributed by atoms with Crippen molar-refractivity contribution in [2.75, 3.05) is 0 Å². The minimum atomic E-state index is 0.271. The van der Waals surface area contributed by atoms with E-state index in [2.05, 4.69) is 29.2 Å². The molecule has 1 aromatic heterocycles. The number of nitrogens with zero attached hydrogens (tertiary/aromatic N) is 2. The molecule has 0 radical (unpaired) electrons. The molecule has 0 aliphatic heterocycles. The van der Waals surface area contributed by atoms with Gasteiger partial charge in [-0.3, -0.25) is 0 Å². The van der Waals surface area contributed by atoms with Gasteiger partial charge in [-0.2, -0.15) is 4.98 Å². The molecule has 4 heteroatoms. The van der Waals surface area contributed by atoms with Gasteiger partial charge in [0, 0.05) is 17.5 Å². The van der Waals surface area contributed by atoms with Crippen LogP contribution in [-0.2, 0) is 0 Å². The van der Waals surface area contributed by atoms with Gasteiger partial charge in [0.2, 0.25) is 11.7 Å². The lowest BCUT2D eigenvalue weighted by Gasteiger charge is -2.23. The van der Waals surface area contributed by atoms with E-state index < -0.39 is 0 Å². The number of hydrogen-bond donors (Lipinski definition) is 1. The first-order valence-electron chi connectivity index (χ1n) is 6.88. The minimum absolute atomic E-state index is 0.271. The van der Waals surface area contributed by atoms with Gasteiger partial charge in [0.15, 0.2) is 0 Å². The number of aryl methyl sites for hydroxylation is 1. The zero-order valence-electron chi connectivity index (χ0n) is 11.2. The fourth-order valence-corrected chi connectivity index (χ4v) is 2.75. The normalized spacial score (nSPS) is 23.5. The van der Waals surface area contributed by atoms with Gasteiger partial charge in [-0.05, 0) is 32.3 Å². The molecule has 1 aromatic carbocycles. The molecule has 0 saturated heterocycles. The predicted octanol–water partition coefficient (Wildman–Crippen LogP) is 3.03. The zero-order valence-corrected chi connectivity index (χ0v) is 11.2. The van der Waals surface area contributed by atoms with E-state index in [1.807, 2.05) is 12.1 Å². The molecule has 2 unspecified atom stereocenters. The van der Waals surface area contributed by atoms with Gasteiger partial charge in [-0.25, -0.2) is 0 Å². The second-order valence-electron chi connectivity index (χ2n) is 5.45. The second kappa shape index (κ2) is 5.13. The summed E-state index contributed by atoms with van der Waals surface area (Å²) in [7, 11) is 0. The van der Waals surface area contributed by atoms with Gasteiger partial charge in [0.1, 0.15) is 0 Å². The van der Waals surface area contributed by atoms with Gasteiger partial charge in [0.25, 0.3) is 0 Å². The third-order valence-electron chi connectivity index (χ3n) is 3.78. The Morgan fingerprint density at radius 1 is 1.32 bits per heavy atom. The van der Waals surface area contributed by atoms with E-state index in [1.165, 1.54) is 5.56 Å². The highest BCUT2D eigenvalue weighted by atomic mass is 16.5. The molecule has 100 valence electrons. The summed E-state index contributed by atoms with van der Waals surface area (Å²) in [6, 6.07) is 8.42. The summed E-state index contributed by atoms with van der Waals surface area (Å²) in [5.74, 6) is 1.75. The number of nitrogens with two attached hydrogens (primary N) is 1. The first-order valence-corrected chi connectivity index (χ1v) is 6.88.